The SMILES string of the molecule is CCCCOc1ccc(Nc2ncnc(Nc3cccc(OC)c3)c2N)cc1. The standard InChI is InChI=1S/C21H25N5O2/c1-3-4-12-28-17-10-8-15(9-11-17)25-20-19(22)21(24-14-23-20)26-16-6-5-7-18(13-16)27-2/h5-11,13-14H,3-4,12,22H2,1-2H3,(H2,23,24,25,26). The van der Waals surface area contributed by atoms with E-state index in [-0.39, 0.29) is 0 Å². The topological polar surface area (TPSA) is 94.3 Å². The molecular formula is C21H25N5O2. The van der Waals surface area contributed by atoms with Crippen LogP contribution in [0.3, 0.4) is 0 Å². The molecule has 7 nitrogen and oxygen atoms in total. The Balaban J connectivity index is 1.70. The van der Waals surface area contributed by atoms with Gasteiger partial charge < -0.3 is 25.8 Å². The molecule has 2 aromatic carbocycles. The number of benzene rings is 2. The number of nitrogens with zero attached hydrogens (tertiary/aromatic N) is 2. The Labute approximate surface area is 164 Å². The van der Waals surface area contributed by atoms with E-state index in [9.17, 15) is 0 Å². The summed E-state index contributed by atoms with van der Waals surface area (Å²) in [5, 5.41) is 6.41. The number of hydrogen-bond acceptors (Lipinski definition) is 7. The van der Waals surface area contributed by atoms with E-state index in [1.807, 2.05) is 48.5 Å². The van der Waals surface area contributed by atoms with Gasteiger partial charge in [0.2, 0.25) is 0 Å². The number of aromatic nitrogens is 2. The smallest absolute Gasteiger partial charge is 0.159 e. The van der Waals surface area contributed by atoms with Crippen molar-refractivity contribution in [3.63, 3.8) is 0 Å². The van der Waals surface area contributed by atoms with Gasteiger partial charge in [0.25, 0.3) is 0 Å². The summed E-state index contributed by atoms with van der Waals surface area (Å²) < 4.78 is 10.9. The third-order valence-corrected chi connectivity index (χ3v) is 4.10. The summed E-state index contributed by atoms with van der Waals surface area (Å²) in [5.41, 5.74) is 8.36. The number of nitrogen functional groups attached to an aromatic ring is 1. The van der Waals surface area contributed by atoms with Crippen molar-refractivity contribution in [3.05, 3.63) is 54.9 Å². The van der Waals surface area contributed by atoms with Crippen LogP contribution in [0.5, 0.6) is 11.5 Å². The second-order valence-corrected chi connectivity index (χ2v) is 6.19. The van der Waals surface area contributed by atoms with E-state index >= 15 is 0 Å². The van der Waals surface area contributed by atoms with E-state index in [1.54, 1.807) is 7.11 Å². The van der Waals surface area contributed by atoms with Crippen molar-refractivity contribution < 1.29 is 9.47 Å². The Morgan fingerprint density at radius 2 is 1.64 bits per heavy atom. The monoisotopic (exact) mass is 379 g/mol. The Morgan fingerprint density at radius 1 is 0.929 bits per heavy atom. The lowest BCUT2D eigenvalue weighted by molar-refractivity contribution is 0.309. The van der Waals surface area contributed by atoms with Crippen LogP contribution in [0.1, 0.15) is 19.8 Å². The summed E-state index contributed by atoms with van der Waals surface area (Å²) >= 11 is 0. The zero-order valence-corrected chi connectivity index (χ0v) is 16.1. The quantitative estimate of drug-likeness (QED) is 0.463. The van der Waals surface area contributed by atoms with Crippen LogP contribution < -0.4 is 25.8 Å². The molecule has 0 atom stereocenters. The maximum atomic E-state index is 6.25. The summed E-state index contributed by atoms with van der Waals surface area (Å²) in [6.45, 7) is 2.86. The van der Waals surface area contributed by atoms with Crippen molar-refractivity contribution in [2.24, 2.45) is 0 Å². The molecule has 0 radical (unpaired) electrons. The van der Waals surface area contributed by atoms with Crippen LogP contribution in [-0.4, -0.2) is 23.7 Å². The van der Waals surface area contributed by atoms with E-state index < -0.39 is 0 Å². The van der Waals surface area contributed by atoms with Crippen molar-refractivity contribution in [1.29, 1.82) is 0 Å². The molecule has 0 bridgehead atoms. The summed E-state index contributed by atoms with van der Waals surface area (Å²) in [4.78, 5) is 8.49. The molecule has 3 aromatic rings. The van der Waals surface area contributed by atoms with Crippen molar-refractivity contribution in [2.45, 2.75) is 19.8 Å². The largest absolute Gasteiger partial charge is 0.497 e. The third kappa shape index (κ3) is 5.03. The molecular weight excluding hydrogens is 354 g/mol. The number of nitrogens with one attached hydrogen (secondary N) is 2. The van der Waals surface area contributed by atoms with E-state index in [0.717, 1.165) is 42.3 Å². The fraction of sp³-hybridized carbons (Fsp3) is 0.238. The average Bonchev–Trinajstić information content (AvgIpc) is 2.72. The highest BCUT2D eigenvalue weighted by Crippen LogP contribution is 2.29. The maximum absolute atomic E-state index is 6.25. The van der Waals surface area contributed by atoms with Crippen molar-refractivity contribution in [2.75, 3.05) is 30.1 Å². The van der Waals surface area contributed by atoms with E-state index in [2.05, 4.69) is 27.5 Å². The number of methoxy groups -OCH3 is 1. The summed E-state index contributed by atoms with van der Waals surface area (Å²) in [7, 11) is 1.63. The van der Waals surface area contributed by atoms with Crippen LogP contribution in [0.25, 0.3) is 0 Å². The van der Waals surface area contributed by atoms with Gasteiger partial charge in [-0.15, -0.1) is 0 Å². The number of rotatable bonds is 9. The Morgan fingerprint density at radius 3 is 2.32 bits per heavy atom. The van der Waals surface area contributed by atoms with Gasteiger partial charge in [-0.1, -0.05) is 19.4 Å². The average molecular weight is 379 g/mol. The Kier molecular flexibility index (Phi) is 6.51. The van der Waals surface area contributed by atoms with E-state index in [0.29, 0.717) is 17.3 Å². The van der Waals surface area contributed by atoms with E-state index in [4.69, 9.17) is 15.2 Å². The van der Waals surface area contributed by atoms with Gasteiger partial charge >= 0.3 is 0 Å². The molecule has 146 valence electrons. The lowest BCUT2D eigenvalue weighted by Gasteiger charge is -2.13. The van der Waals surface area contributed by atoms with Crippen molar-refractivity contribution in [1.82, 2.24) is 9.97 Å². The minimum atomic E-state index is 0.425. The van der Waals surface area contributed by atoms with Crippen molar-refractivity contribution >= 4 is 28.7 Å². The molecule has 0 aliphatic heterocycles. The predicted molar refractivity (Wildman–Crippen MR) is 113 cm³/mol. The number of hydrogen-bond donors (Lipinski definition) is 3. The van der Waals surface area contributed by atoms with Gasteiger partial charge in [-0.05, 0) is 42.8 Å². The molecule has 0 saturated carbocycles. The lowest BCUT2D eigenvalue weighted by Crippen LogP contribution is -2.05. The normalized spacial score (nSPS) is 10.4. The minimum Gasteiger partial charge on any atom is -0.497 e. The van der Waals surface area contributed by atoms with Gasteiger partial charge in [0.05, 0.1) is 13.7 Å². The van der Waals surface area contributed by atoms with Crippen LogP contribution in [0.15, 0.2) is 54.9 Å². The van der Waals surface area contributed by atoms with Crippen molar-refractivity contribution in [3.8, 4) is 11.5 Å². The van der Waals surface area contributed by atoms with Gasteiger partial charge in [-0.2, -0.15) is 0 Å². The second-order valence-electron chi connectivity index (χ2n) is 6.19. The highest BCUT2D eigenvalue weighted by atomic mass is 16.5. The third-order valence-electron chi connectivity index (χ3n) is 4.10. The van der Waals surface area contributed by atoms with Crippen LogP contribution in [-0.2, 0) is 0 Å². The molecule has 0 aliphatic rings. The molecule has 0 aliphatic carbocycles. The summed E-state index contributed by atoms with van der Waals surface area (Å²) in [6, 6.07) is 15.2. The van der Waals surface area contributed by atoms with Crippen LogP contribution >= 0.6 is 0 Å². The van der Waals surface area contributed by atoms with Gasteiger partial charge in [0.1, 0.15) is 23.5 Å². The van der Waals surface area contributed by atoms with Gasteiger partial charge in [-0.25, -0.2) is 9.97 Å². The lowest BCUT2D eigenvalue weighted by atomic mass is 10.3. The van der Waals surface area contributed by atoms with Crippen LogP contribution in [0.2, 0.25) is 0 Å². The molecule has 0 fully saturated rings. The van der Waals surface area contributed by atoms with Gasteiger partial charge in [0.15, 0.2) is 11.6 Å². The fourth-order valence-corrected chi connectivity index (χ4v) is 2.54. The van der Waals surface area contributed by atoms with E-state index in [1.165, 1.54) is 6.33 Å². The molecule has 7 heteroatoms. The molecule has 28 heavy (non-hydrogen) atoms. The number of ether oxygens (including phenoxy) is 2. The van der Waals surface area contributed by atoms with Gasteiger partial charge in [0, 0.05) is 17.4 Å². The Hall–Kier alpha value is -3.48. The summed E-state index contributed by atoms with van der Waals surface area (Å²) in [5.74, 6) is 2.64. The molecule has 4 N–H and O–H groups in total. The first kappa shape index (κ1) is 19.3. The first-order chi connectivity index (χ1) is 13.7. The summed E-state index contributed by atoms with van der Waals surface area (Å²) in [6.07, 6.45) is 3.61. The predicted octanol–water partition coefficient (Wildman–Crippen LogP) is 4.73. The maximum Gasteiger partial charge on any atom is 0.159 e. The molecule has 0 unspecified atom stereocenters. The minimum absolute atomic E-state index is 0.425. The molecule has 0 amide bonds. The first-order valence-corrected chi connectivity index (χ1v) is 9.21. The molecule has 0 spiro atoms. The fourth-order valence-electron chi connectivity index (χ4n) is 2.54. The molecule has 1 aromatic heterocycles. The Bertz CT molecular complexity index is 900. The number of nitrogens with two attached hydrogens (primary N) is 1. The molecule has 3 rings (SSSR count). The zero-order valence-electron chi connectivity index (χ0n) is 16.1. The van der Waals surface area contributed by atoms with Gasteiger partial charge in [-0.3, -0.25) is 0 Å². The second kappa shape index (κ2) is 9.45. The molecule has 1 heterocycles. The highest BCUT2D eigenvalue weighted by molar-refractivity contribution is 5.80. The number of unbranched alkanes of at least 4 members (excludes halogenated alkanes) is 1. The number of anilines is 5. The molecule has 0 saturated heterocycles. The van der Waals surface area contributed by atoms with Crippen LogP contribution in [0.4, 0.5) is 28.7 Å². The first-order valence-electron chi connectivity index (χ1n) is 9.21. The van der Waals surface area contributed by atoms with Crippen LogP contribution in [0, 0.1) is 0 Å². The zero-order chi connectivity index (χ0) is 19.8. The highest BCUT2D eigenvalue weighted by Gasteiger charge is 2.09.